The van der Waals surface area contributed by atoms with E-state index in [1.165, 1.54) is 0 Å². The normalized spacial score (nSPS) is 13.8. The maximum absolute atomic E-state index is 12.0. The third-order valence-electron chi connectivity index (χ3n) is 3.39. The minimum absolute atomic E-state index is 0.417. The second kappa shape index (κ2) is 6.17. The Balaban J connectivity index is 2.43. The first-order chi connectivity index (χ1) is 9.43. The molecule has 0 spiro atoms. The summed E-state index contributed by atoms with van der Waals surface area (Å²) in [4.78, 5) is 12.0. The number of benzene rings is 2. The van der Waals surface area contributed by atoms with E-state index in [-0.39, 0.29) is 0 Å². The van der Waals surface area contributed by atoms with Gasteiger partial charge >= 0.3 is 0 Å². The molecule has 0 fully saturated rings. The van der Waals surface area contributed by atoms with Crippen LogP contribution in [-0.2, 0) is 16.6 Å². The van der Waals surface area contributed by atoms with Crippen LogP contribution >= 0.6 is 34.8 Å². The Morgan fingerprint density at radius 2 is 1.70 bits per heavy atom. The number of halogens is 3. The number of hydrogen-bond donors (Lipinski definition) is 0. The summed E-state index contributed by atoms with van der Waals surface area (Å²) in [7, 11) is 0. The molecule has 0 bridgehead atoms. The van der Waals surface area contributed by atoms with Crippen molar-refractivity contribution in [2.45, 2.75) is 18.8 Å². The molecule has 20 heavy (non-hydrogen) atoms. The van der Waals surface area contributed by atoms with E-state index in [4.69, 9.17) is 34.8 Å². The molecule has 0 aliphatic heterocycles. The Hall–Kier alpha value is -1.02. The summed E-state index contributed by atoms with van der Waals surface area (Å²) in [6, 6.07) is 14.9. The molecule has 0 N–H and O–H groups in total. The van der Waals surface area contributed by atoms with Crippen LogP contribution in [0.15, 0.2) is 48.5 Å². The van der Waals surface area contributed by atoms with E-state index in [2.05, 4.69) is 0 Å². The lowest BCUT2D eigenvalue weighted by molar-refractivity contribution is -0.116. The quantitative estimate of drug-likeness (QED) is 0.700. The Kier molecular flexibility index (Phi) is 4.74. The number of carbonyl (C=O) groups is 1. The van der Waals surface area contributed by atoms with Crippen LogP contribution in [0, 0.1) is 0 Å². The van der Waals surface area contributed by atoms with Crippen LogP contribution in [0.1, 0.15) is 18.1 Å². The molecule has 0 saturated carbocycles. The van der Waals surface area contributed by atoms with Crippen molar-refractivity contribution in [2.75, 3.05) is 0 Å². The number of rotatable bonds is 4. The molecule has 0 radical (unpaired) electrons. The van der Waals surface area contributed by atoms with Crippen LogP contribution in [0.4, 0.5) is 0 Å². The van der Waals surface area contributed by atoms with Crippen LogP contribution in [0.3, 0.4) is 0 Å². The zero-order chi connectivity index (χ0) is 14.8. The topological polar surface area (TPSA) is 17.1 Å². The van der Waals surface area contributed by atoms with Crippen molar-refractivity contribution in [3.8, 4) is 0 Å². The van der Waals surface area contributed by atoms with Crippen LogP contribution in [0.5, 0.6) is 0 Å². The van der Waals surface area contributed by atoms with E-state index in [0.717, 1.165) is 11.1 Å². The van der Waals surface area contributed by atoms with Crippen molar-refractivity contribution in [3.63, 3.8) is 0 Å². The summed E-state index contributed by atoms with van der Waals surface area (Å²) in [5, 5.41) is 0.459. The fourth-order valence-electron chi connectivity index (χ4n) is 2.13. The molecule has 0 saturated heterocycles. The molecule has 0 heterocycles. The largest absolute Gasteiger partial charge is 0.280 e. The molecule has 104 valence electrons. The zero-order valence-electron chi connectivity index (χ0n) is 10.9. The molecule has 2 aromatic rings. The van der Waals surface area contributed by atoms with Gasteiger partial charge in [-0.3, -0.25) is 4.79 Å². The van der Waals surface area contributed by atoms with Gasteiger partial charge in [-0.05, 0) is 48.2 Å². The van der Waals surface area contributed by atoms with Gasteiger partial charge in [0, 0.05) is 0 Å². The molecule has 1 atom stereocenters. The lowest BCUT2D eigenvalue weighted by atomic mass is 9.78. The second-order valence-corrected chi connectivity index (χ2v) is 6.05. The van der Waals surface area contributed by atoms with Crippen molar-refractivity contribution in [3.05, 3.63) is 69.7 Å². The molecule has 2 aromatic carbocycles. The van der Waals surface area contributed by atoms with Crippen molar-refractivity contribution in [1.82, 2.24) is 0 Å². The maximum Gasteiger partial charge on any atom is 0.232 e. The lowest BCUT2D eigenvalue weighted by Crippen LogP contribution is -2.31. The van der Waals surface area contributed by atoms with E-state index in [9.17, 15) is 4.79 Å². The molecule has 2 rings (SSSR count). The minimum Gasteiger partial charge on any atom is -0.280 e. The molecular formula is C16H13Cl3O. The van der Waals surface area contributed by atoms with E-state index in [1.54, 1.807) is 18.2 Å². The van der Waals surface area contributed by atoms with Gasteiger partial charge in [-0.25, -0.2) is 0 Å². The van der Waals surface area contributed by atoms with Gasteiger partial charge in [-0.2, -0.15) is 0 Å². The molecule has 0 amide bonds. The molecule has 0 aromatic heterocycles. The van der Waals surface area contributed by atoms with Gasteiger partial charge in [0.2, 0.25) is 5.24 Å². The number of carbonyl (C=O) groups excluding carboxylic acids is 1. The van der Waals surface area contributed by atoms with Crippen LogP contribution < -0.4 is 0 Å². The first-order valence-corrected chi connectivity index (χ1v) is 7.26. The van der Waals surface area contributed by atoms with Gasteiger partial charge in [0.05, 0.1) is 15.5 Å². The highest BCUT2D eigenvalue weighted by molar-refractivity contribution is 6.65. The van der Waals surface area contributed by atoms with Gasteiger partial charge in [0.25, 0.3) is 0 Å². The number of hydrogen-bond acceptors (Lipinski definition) is 1. The summed E-state index contributed by atoms with van der Waals surface area (Å²) >= 11 is 17.8. The summed E-state index contributed by atoms with van der Waals surface area (Å²) in [5.74, 6) is 0. The molecule has 4 heteroatoms. The molecule has 0 aliphatic rings. The predicted molar refractivity (Wildman–Crippen MR) is 84.8 cm³/mol. The highest BCUT2D eigenvalue weighted by atomic mass is 35.5. The summed E-state index contributed by atoms with van der Waals surface area (Å²) < 4.78 is 0. The zero-order valence-corrected chi connectivity index (χ0v) is 13.1. The summed E-state index contributed by atoms with van der Waals surface area (Å²) in [5.41, 5.74) is 0.961. The molecular weight excluding hydrogens is 315 g/mol. The van der Waals surface area contributed by atoms with E-state index >= 15 is 0 Å². The van der Waals surface area contributed by atoms with E-state index < -0.39 is 10.7 Å². The predicted octanol–water partition coefficient (Wildman–Crippen LogP) is 5.26. The Labute approximate surface area is 133 Å². The standard InChI is InChI=1S/C16H13Cl3O/c1-16(15(19)20,10-11-5-3-2-4-6-11)12-7-8-13(17)14(18)9-12/h2-9H,10H2,1H3. The average molecular weight is 328 g/mol. The fraction of sp³-hybridized carbons (Fsp3) is 0.188. The van der Waals surface area contributed by atoms with Gasteiger partial charge in [0.1, 0.15) is 0 Å². The lowest BCUT2D eigenvalue weighted by Gasteiger charge is -2.26. The highest BCUT2D eigenvalue weighted by Gasteiger charge is 2.34. The highest BCUT2D eigenvalue weighted by Crippen LogP contribution is 2.34. The van der Waals surface area contributed by atoms with Crippen molar-refractivity contribution in [2.24, 2.45) is 0 Å². The fourth-order valence-corrected chi connectivity index (χ4v) is 2.60. The average Bonchev–Trinajstić information content (AvgIpc) is 2.42. The summed E-state index contributed by atoms with van der Waals surface area (Å²) in [6.07, 6.45) is 0.508. The minimum atomic E-state index is -0.836. The van der Waals surface area contributed by atoms with Crippen molar-refractivity contribution >= 4 is 40.0 Å². The van der Waals surface area contributed by atoms with E-state index in [0.29, 0.717) is 16.5 Å². The van der Waals surface area contributed by atoms with Gasteiger partial charge in [0.15, 0.2) is 0 Å². The first kappa shape index (κ1) is 15.4. The van der Waals surface area contributed by atoms with Crippen LogP contribution in [0.2, 0.25) is 10.0 Å². The van der Waals surface area contributed by atoms with Crippen LogP contribution in [-0.4, -0.2) is 5.24 Å². The van der Waals surface area contributed by atoms with Gasteiger partial charge in [-0.1, -0.05) is 59.6 Å². The first-order valence-electron chi connectivity index (χ1n) is 6.13. The monoisotopic (exact) mass is 326 g/mol. The van der Waals surface area contributed by atoms with Crippen molar-refractivity contribution < 1.29 is 4.79 Å². The Bertz CT molecular complexity index is 625. The molecule has 1 nitrogen and oxygen atoms in total. The van der Waals surface area contributed by atoms with Gasteiger partial charge < -0.3 is 0 Å². The van der Waals surface area contributed by atoms with Crippen molar-refractivity contribution in [1.29, 1.82) is 0 Å². The maximum atomic E-state index is 12.0. The third-order valence-corrected chi connectivity index (χ3v) is 4.55. The summed E-state index contributed by atoms with van der Waals surface area (Å²) in [6.45, 7) is 1.81. The third kappa shape index (κ3) is 3.17. The smallest absolute Gasteiger partial charge is 0.232 e. The second-order valence-electron chi connectivity index (χ2n) is 4.90. The Morgan fingerprint density at radius 3 is 2.25 bits per heavy atom. The molecule has 0 aliphatic carbocycles. The van der Waals surface area contributed by atoms with Crippen LogP contribution in [0.25, 0.3) is 0 Å². The van der Waals surface area contributed by atoms with E-state index in [1.807, 2.05) is 37.3 Å². The molecule has 1 unspecified atom stereocenters. The van der Waals surface area contributed by atoms with Gasteiger partial charge in [-0.15, -0.1) is 0 Å². The SMILES string of the molecule is CC(Cc1ccccc1)(C(=O)Cl)c1ccc(Cl)c(Cl)c1. The Morgan fingerprint density at radius 1 is 1.05 bits per heavy atom.